The van der Waals surface area contributed by atoms with E-state index in [4.69, 9.17) is 14.0 Å². The van der Waals surface area contributed by atoms with Crippen LogP contribution in [0.4, 0.5) is 0 Å². The molecule has 4 aromatic rings. The van der Waals surface area contributed by atoms with Crippen molar-refractivity contribution >= 4 is 16.9 Å². The van der Waals surface area contributed by atoms with Gasteiger partial charge in [0.2, 0.25) is 5.82 Å². The van der Waals surface area contributed by atoms with Crippen molar-refractivity contribution in [1.82, 2.24) is 14.7 Å². The molecule has 2 aromatic heterocycles. The summed E-state index contributed by atoms with van der Waals surface area (Å²) in [4.78, 5) is 16.9. The van der Waals surface area contributed by atoms with Gasteiger partial charge in [0.15, 0.2) is 0 Å². The quantitative estimate of drug-likeness (QED) is 0.357. The topological polar surface area (TPSA) is 103 Å². The normalized spacial score (nSPS) is 15.1. The second kappa shape index (κ2) is 8.58. The number of nitrogens with zero attached hydrogens (tertiary/aromatic N) is 4. The lowest BCUT2D eigenvalue weighted by Gasteiger charge is -2.20. The van der Waals surface area contributed by atoms with Crippen LogP contribution < -0.4 is 4.74 Å². The number of fused-ring (bicyclic) bond motifs is 3. The van der Waals surface area contributed by atoms with Gasteiger partial charge in [0, 0.05) is 40.2 Å². The summed E-state index contributed by atoms with van der Waals surface area (Å²) in [6.07, 6.45) is 1.30. The van der Waals surface area contributed by atoms with Crippen molar-refractivity contribution in [3.63, 3.8) is 0 Å². The number of hydrogen-bond donors (Lipinski definition) is 0. The second-order valence-electron chi connectivity index (χ2n) is 9.76. The highest BCUT2D eigenvalue weighted by Gasteiger charge is 2.29. The Kier molecular flexibility index (Phi) is 5.56. The number of carbonyl (C=O) groups is 1. The second-order valence-corrected chi connectivity index (χ2v) is 9.76. The molecule has 0 N–H and O–H groups in total. The van der Waals surface area contributed by atoms with Gasteiger partial charge in [-0.2, -0.15) is 10.2 Å². The summed E-state index contributed by atoms with van der Waals surface area (Å²) in [7, 11) is 1.54. The molecule has 2 aromatic carbocycles. The van der Waals surface area contributed by atoms with Gasteiger partial charge < -0.3 is 18.6 Å². The zero-order valence-electron chi connectivity index (χ0n) is 20.2. The standard InChI is InChI=1S/C27H26N4O4/c1-27(2,3)34-24(32)14-17-7-8-31-22-6-5-18(11-19(22)13-23(17)31)25-29-26(35-30-25)20-9-16(15-28)10-21(12-20)33-4/h5-6,9-13,17H,7-8,14H2,1-4H3. The van der Waals surface area contributed by atoms with Crippen LogP contribution in [0.1, 0.15) is 50.8 Å². The number of aryl methyl sites for hydroxylation is 1. The number of rotatable bonds is 5. The van der Waals surface area contributed by atoms with Crippen molar-refractivity contribution in [2.45, 2.75) is 51.7 Å². The molecule has 0 fully saturated rings. The number of ether oxygens (including phenoxy) is 2. The first-order chi connectivity index (χ1) is 16.7. The number of esters is 1. The summed E-state index contributed by atoms with van der Waals surface area (Å²) in [6.45, 7) is 6.53. The van der Waals surface area contributed by atoms with E-state index in [0.29, 0.717) is 35.0 Å². The average molecular weight is 471 g/mol. The summed E-state index contributed by atoms with van der Waals surface area (Å²) in [6, 6.07) is 15.4. The Labute approximate surface area is 203 Å². The molecule has 8 heteroatoms. The van der Waals surface area contributed by atoms with E-state index in [1.54, 1.807) is 25.3 Å². The van der Waals surface area contributed by atoms with E-state index in [1.807, 2.05) is 32.9 Å². The highest BCUT2D eigenvalue weighted by Crippen LogP contribution is 2.38. The van der Waals surface area contributed by atoms with Gasteiger partial charge in [0.1, 0.15) is 11.4 Å². The number of nitriles is 1. The van der Waals surface area contributed by atoms with Crippen molar-refractivity contribution in [1.29, 1.82) is 5.26 Å². The Morgan fingerprint density at radius 2 is 2.03 bits per heavy atom. The largest absolute Gasteiger partial charge is 0.497 e. The molecule has 0 aliphatic carbocycles. The minimum atomic E-state index is -0.484. The van der Waals surface area contributed by atoms with E-state index >= 15 is 0 Å². The number of aromatic nitrogens is 3. The summed E-state index contributed by atoms with van der Waals surface area (Å²) in [5, 5.41) is 14.5. The van der Waals surface area contributed by atoms with Crippen molar-refractivity contribution in [2.24, 2.45) is 0 Å². The molecule has 3 heterocycles. The molecule has 1 aliphatic heterocycles. The molecule has 1 atom stereocenters. The maximum Gasteiger partial charge on any atom is 0.306 e. The molecule has 1 unspecified atom stereocenters. The smallest absolute Gasteiger partial charge is 0.306 e. The molecule has 0 radical (unpaired) electrons. The summed E-state index contributed by atoms with van der Waals surface area (Å²) >= 11 is 0. The fraction of sp³-hybridized carbons (Fsp3) is 0.333. The molecule has 5 rings (SSSR count). The van der Waals surface area contributed by atoms with E-state index in [9.17, 15) is 10.1 Å². The van der Waals surface area contributed by atoms with Crippen LogP contribution in [-0.4, -0.2) is 33.4 Å². The molecule has 8 nitrogen and oxygen atoms in total. The van der Waals surface area contributed by atoms with Crippen molar-refractivity contribution in [3.8, 4) is 34.7 Å². The van der Waals surface area contributed by atoms with Gasteiger partial charge in [-0.25, -0.2) is 0 Å². The molecule has 0 saturated heterocycles. The van der Waals surface area contributed by atoms with Gasteiger partial charge in [-0.05, 0) is 69.7 Å². The van der Waals surface area contributed by atoms with Crippen molar-refractivity contribution in [2.75, 3.05) is 7.11 Å². The Hall–Kier alpha value is -4.12. The monoisotopic (exact) mass is 470 g/mol. The van der Waals surface area contributed by atoms with Crippen molar-refractivity contribution in [3.05, 3.63) is 53.7 Å². The van der Waals surface area contributed by atoms with Crippen LogP contribution in [0.5, 0.6) is 5.75 Å². The number of methoxy groups -OCH3 is 1. The third kappa shape index (κ3) is 4.50. The minimum absolute atomic E-state index is 0.139. The molecule has 0 amide bonds. The third-order valence-electron chi connectivity index (χ3n) is 6.09. The predicted molar refractivity (Wildman–Crippen MR) is 130 cm³/mol. The fourth-order valence-electron chi connectivity index (χ4n) is 4.61. The Morgan fingerprint density at radius 3 is 2.77 bits per heavy atom. The lowest BCUT2D eigenvalue weighted by atomic mass is 10.00. The molecule has 0 bridgehead atoms. The van der Waals surface area contributed by atoms with Gasteiger partial charge in [0.25, 0.3) is 5.89 Å². The first kappa shape index (κ1) is 22.7. The van der Waals surface area contributed by atoms with E-state index in [-0.39, 0.29) is 11.9 Å². The van der Waals surface area contributed by atoms with Crippen LogP contribution in [0.25, 0.3) is 33.7 Å². The highest BCUT2D eigenvalue weighted by atomic mass is 16.6. The zero-order chi connectivity index (χ0) is 24.7. The molecular weight excluding hydrogens is 444 g/mol. The number of hydrogen-bond acceptors (Lipinski definition) is 7. The Bertz CT molecular complexity index is 1470. The Morgan fingerprint density at radius 1 is 1.20 bits per heavy atom. The van der Waals surface area contributed by atoms with Gasteiger partial charge >= 0.3 is 5.97 Å². The molecule has 0 spiro atoms. The molecule has 0 saturated carbocycles. The molecule has 35 heavy (non-hydrogen) atoms. The molecular formula is C27H26N4O4. The van der Waals surface area contributed by atoms with Crippen LogP contribution in [0.2, 0.25) is 0 Å². The average Bonchev–Trinajstić information content (AvgIpc) is 3.53. The van der Waals surface area contributed by atoms with Crippen LogP contribution in [-0.2, 0) is 16.1 Å². The highest BCUT2D eigenvalue weighted by molar-refractivity contribution is 5.86. The fourth-order valence-corrected chi connectivity index (χ4v) is 4.61. The predicted octanol–water partition coefficient (Wildman–Crippen LogP) is 5.46. The number of benzene rings is 2. The van der Waals surface area contributed by atoms with E-state index in [1.165, 1.54) is 0 Å². The number of carbonyl (C=O) groups excluding carboxylic acids is 1. The van der Waals surface area contributed by atoms with Crippen LogP contribution in [0.3, 0.4) is 0 Å². The van der Waals surface area contributed by atoms with Crippen LogP contribution in [0.15, 0.2) is 47.0 Å². The van der Waals surface area contributed by atoms with Crippen molar-refractivity contribution < 1.29 is 18.8 Å². The first-order valence-corrected chi connectivity index (χ1v) is 11.5. The maximum absolute atomic E-state index is 12.4. The molecule has 178 valence electrons. The Balaban J connectivity index is 1.42. The van der Waals surface area contributed by atoms with Gasteiger partial charge in [0.05, 0.1) is 25.2 Å². The lowest BCUT2D eigenvalue weighted by Crippen LogP contribution is -2.24. The summed E-state index contributed by atoms with van der Waals surface area (Å²) in [5.41, 5.74) is 3.67. The first-order valence-electron chi connectivity index (χ1n) is 11.5. The van der Waals surface area contributed by atoms with Crippen LogP contribution >= 0.6 is 0 Å². The van der Waals surface area contributed by atoms with E-state index < -0.39 is 5.60 Å². The van der Waals surface area contributed by atoms with E-state index in [0.717, 1.165) is 35.1 Å². The summed E-state index contributed by atoms with van der Waals surface area (Å²) < 4.78 is 18.6. The minimum Gasteiger partial charge on any atom is -0.497 e. The zero-order valence-corrected chi connectivity index (χ0v) is 20.2. The van der Waals surface area contributed by atoms with Crippen LogP contribution in [0, 0.1) is 11.3 Å². The SMILES string of the molecule is COc1cc(C#N)cc(-c2nc(-c3ccc4c(c3)cc3n4CCC3CC(=O)OC(C)(C)C)no2)c1. The van der Waals surface area contributed by atoms with Gasteiger partial charge in [-0.15, -0.1) is 0 Å². The van der Waals surface area contributed by atoms with E-state index in [2.05, 4.69) is 32.9 Å². The molecule has 1 aliphatic rings. The van der Waals surface area contributed by atoms with Gasteiger partial charge in [-0.3, -0.25) is 4.79 Å². The maximum atomic E-state index is 12.4. The lowest BCUT2D eigenvalue weighted by molar-refractivity contribution is -0.155. The summed E-state index contributed by atoms with van der Waals surface area (Å²) in [5.74, 6) is 1.29. The third-order valence-corrected chi connectivity index (χ3v) is 6.09. The van der Waals surface area contributed by atoms with Gasteiger partial charge in [-0.1, -0.05) is 5.16 Å².